The van der Waals surface area contributed by atoms with Crippen LogP contribution in [0.15, 0.2) is 16.7 Å². The minimum absolute atomic E-state index is 0.463. The quantitative estimate of drug-likeness (QED) is 0.689. The molecule has 0 aliphatic rings. The van der Waals surface area contributed by atoms with Crippen molar-refractivity contribution in [1.29, 1.82) is 0 Å². The third-order valence-corrected chi connectivity index (χ3v) is 2.11. The van der Waals surface area contributed by atoms with Gasteiger partial charge in [0.05, 0.1) is 19.5 Å². The Labute approximate surface area is 96.7 Å². The van der Waals surface area contributed by atoms with Crippen LogP contribution in [0, 0.1) is 5.92 Å². The number of ether oxygens (including phenoxy) is 2. The molecule has 0 radical (unpaired) electrons. The summed E-state index contributed by atoms with van der Waals surface area (Å²) in [6.07, 6.45) is 1.64. The second kappa shape index (κ2) is 7.44. The minimum Gasteiger partial charge on any atom is -0.467 e. The predicted molar refractivity (Wildman–Crippen MR) is 61.9 cm³/mol. The van der Waals surface area contributed by atoms with Crippen molar-refractivity contribution in [3.8, 4) is 0 Å². The summed E-state index contributed by atoms with van der Waals surface area (Å²) in [5, 5.41) is 0. The normalized spacial score (nSPS) is 11.2. The average Bonchev–Trinajstić information content (AvgIpc) is 2.70. The van der Waals surface area contributed by atoms with E-state index in [4.69, 9.17) is 19.6 Å². The maximum absolute atomic E-state index is 5.54. The van der Waals surface area contributed by atoms with Gasteiger partial charge in [-0.3, -0.25) is 0 Å². The summed E-state index contributed by atoms with van der Waals surface area (Å²) in [5.41, 5.74) is 6.54. The van der Waals surface area contributed by atoms with Crippen molar-refractivity contribution in [1.82, 2.24) is 0 Å². The summed E-state index contributed by atoms with van der Waals surface area (Å²) >= 11 is 0. The van der Waals surface area contributed by atoms with Crippen LogP contribution in [0.25, 0.3) is 0 Å². The highest BCUT2D eigenvalue weighted by Crippen LogP contribution is 2.10. The fourth-order valence-corrected chi connectivity index (χ4v) is 1.28. The fraction of sp³-hybridized carbons (Fsp3) is 0.667. The standard InChI is InChI=1S/C12H21NO3/c1-10(2)8-14-5-6-15-9-12-11(7-13)3-4-16-12/h3-4,10H,5-9,13H2,1-2H3. The van der Waals surface area contributed by atoms with Crippen molar-refractivity contribution in [2.75, 3.05) is 19.8 Å². The molecule has 1 aromatic rings. The lowest BCUT2D eigenvalue weighted by Gasteiger charge is -2.07. The minimum atomic E-state index is 0.463. The van der Waals surface area contributed by atoms with E-state index in [2.05, 4.69) is 13.8 Å². The first-order valence-electron chi connectivity index (χ1n) is 5.64. The Hall–Kier alpha value is -0.840. The summed E-state index contributed by atoms with van der Waals surface area (Å²) in [7, 11) is 0. The van der Waals surface area contributed by atoms with E-state index in [1.54, 1.807) is 6.26 Å². The van der Waals surface area contributed by atoms with Gasteiger partial charge in [0.15, 0.2) is 0 Å². The molecule has 0 saturated heterocycles. The van der Waals surface area contributed by atoms with Gasteiger partial charge in [0, 0.05) is 18.7 Å². The molecule has 0 aliphatic carbocycles. The maximum atomic E-state index is 5.54. The highest BCUT2D eigenvalue weighted by Gasteiger charge is 2.04. The van der Waals surface area contributed by atoms with Crippen LogP contribution in [0.1, 0.15) is 25.2 Å². The van der Waals surface area contributed by atoms with Crippen molar-refractivity contribution >= 4 is 0 Å². The molecule has 0 aliphatic heterocycles. The second-order valence-electron chi connectivity index (χ2n) is 4.09. The Morgan fingerprint density at radius 3 is 2.75 bits per heavy atom. The molecule has 0 bridgehead atoms. The molecular weight excluding hydrogens is 206 g/mol. The van der Waals surface area contributed by atoms with E-state index in [0.717, 1.165) is 17.9 Å². The Morgan fingerprint density at radius 1 is 1.31 bits per heavy atom. The highest BCUT2D eigenvalue weighted by molar-refractivity contribution is 5.15. The molecule has 0 atom stereocenters. The van der Waals surface area contributed by atoms with Crippen molar-refractivity contribution < 1.29 is 13.9 Å². The van der Waals surface area contributed by atoms with Crippen molar-refractivity contribution in [2.45, 2.75) is 27.0 Å². The second-order valence-corrected chi connectivity index (χ2v) is 4.09. The first kappa shape index (κ1) is 13.2. The maximum Gasteiger partial charge on any atom is 0.133 e. The summed E-state index contributed by atoms with van der Waals surface area (Å²) < 4.78 is 16.1. The van der Waals surface area contributed by atoms with Gasteiger partial charge >= 0.3 is 0 Å². The summed E-state index contributed by atoms with van der Waals surface area (Å²) in [6.45, 7) is 7.17. The molecule has 1 rings (SSSR count). The fourth-order valence-electron chi connectivity index (χ4n) is 1.28. The lowest BCUT2D eigenvalue weighted by molar-refractivity contribution is 0.0262. The summed E-state index contributed by atoms with van der Waals surface area (Å²) in [5.74, 6) is 1.38. The molecule has 92 valence electrons. The van der Waals surface area contributed by atoms with Crippen molar-refractivity contribution in [3.05, 3.63) is 23.7 Å². The number of nitrogens with two attached hydrogens (primary N) is 1. The zero-order valence-corrected chi connectivity index (χ0v) is 10.1. The number of rotatable bonds is 8. The predicted octanol–water partition coefficient (Wildman–Crippen LogP) is 1.93. The SMILES string of the molecule is CC(C)COCCOCc1occc1CN. The molecule has 1 heterocycles. The Bertz CT molecular complexity index is 284. The van der Waals surface area contributed by atoms with Gasteiger partial charge in [-0.1, -0.05) is 13.8 Å². The summed E-state index contributed by atoms with van der Waals surface area (Å²) in [6, 6.07) is 1.87. The van der Waals surface area contributed by atoms with Gasteiger partial charge in [0.1, 0.15) is 12.4 Å². The molecule has 0 saturated carbocycles. The molecule has 4 heteroatoms. The van der Waals surface area contributed by atoms with Crippen LogP contribution >= 0.6 is 0 Å². The van der Waals surface area contributed by atoms with E-state index >= 15 is 0 Å². The van der Waals surface area contributed by atoms with E-state index < -0.39 is 0 Å². The average molecular weight is 227 g/mol. The third kappa shape index (κ3) is 4.79. The van der Waals surface area contributed by atoms with Gasteiger partial charge < -0.3 is 19.6 Å². The Kier molecular flexibility index (Phi) is 6.15. The molecule has 0 amide bonds. The van der Waals surface area contributed by atoms with Crippen molar-refractivity contribution in [2.24, 2.45) is 11.7 Å². The Balaban J connectivity index is 2.07. The number of hydrogen-bond acceptors (Lipinski definition) is 4. The molecule has 0 spiro atoms. The van der Waals surface area contributed by atoms with Crippen LogP contribution in [0.3, 0.4) is 0 Å². The van der Waals surface area contributed by atoms with E-state index in [1.807, 2.05) is 6.07 Å². The molecule has 0 aromatic carbocycles. The van der Waals surface area contributed by atoms with Crippen LogP contribution < -0.4 is 5.73 Å². The molecule has 1 aromatic heterocycles. The van der Waals surface area contributed by atoms with Gasteiger partial charge in [-0.2, -0.15) is 0 Å². The topological polar surface area (TPSA) is 57.6 Å². The van der Waals surface area contributed by atoms with Crippen LogP contribution in [0.2, 0.25) is 0 Å². The summed E-state index contributed by atoms with van der Waals surface area (Å²) in [4.78, 5) is 0. The smallest absolute Gasteiger partial charge is 0.133 e. The molecule has 4 nitrogen and oxygen atoms in total. The molecule has 0 unspecified atom stereocenters. The molecule has 0 fully saturated rings. The lowest BCUT2D eigenvalue weighted by atomic mass is 10.2. The first-order chi connectivity index (χ1) is 7.74. The number of hydrogen-bond donors (Lipinski definition) is 1. The first-order valence-corrected chi connectivity index (χ1v) is 5.64. The van der Waals surface area contributed by atoms with E-state index in [0.29, 0.717) is 32.3 Å². The lowest BCUT2D eigenvalue weighted by Crippen LogP contribution is -2.09. The van der Waals surface area contributed by atoms with Crippen LogP contribution in [-0.4, -0.2) is 19.8 Å². The van der Waals surface area contributed by atoms with Gasteiger partial charge in [-0.15, -0.1) is 0 Å². The van der Waals surface area contributed by atoms with E-state index in [9.17, 15) is 0 Å². The van der Waals surface area contributed by atoms with E-state index in [-0.39, 0.29) is 0 Å². The van der Waals surface area contributed by atoms with Crippen molar-refractivity contribution in [3.63, 3.8) is 0 Å². The van der Waals surface area contributed by atoms with Crippen LogP contribution in [0.5, 0.6) is 0 Å². The molecular formula is C12H21NO3. The largest absolute Gasteiger partial charge is 0.467 e. The zero-order valence-electron chi connectivity index (χ0n) is 10.1. The van der Waals surface area contributed by atoms with E-state index in [1.165, 1.54) is 0 Å². The highest BCUT2D eigenvalue weighted by atomic mass is 16.5. The van der Waals surface area contributed by atoms with Gasteiger partial charge in [0.25, 0.3) is 0 Å². The Morgan fingerprint density at radius 2 is 2.06 bits per heavy atom. The van der Waals surface area contributed by atoms with Gasteiger partial charge in [-0.05, 0) is 12.0 Å². The zero-order chi connectivity index (χ0) is 11.8. The van der Waals surface area contributed by atoms with Gasteiger partial charge in [-0.25, -0.2) is 0 Å². The molecule has 16 heavy (non-hydrogen) atoms. The van der Waals surface area contributed by atoms with Gasteiger partial charge in [0.2, 0.25) is 0 Å². The number of furan rings is 1. The monoisotopic (exact) mass is 227 g/mol. The van der Waals surface area contributed by atoms with Crippen LogP contribution in [-0.2, 0) is 22.6 Å². The van der Waals surface area contributed by atoms with Crippen LogP contribution in [0.4, 0.5) is 0 Å². The third-order valence-electron chi connectivity index (χ3n) is 2.11. The molecule has 2 N–H and O–H groups in total.